The highest BCUT2D eigenvalue weighted by Crippen LogP contribution is 2.35. The van der Waals surface area contributed by atoms with E-state index in [1.807, 2.05) is 0 Å². The lowest BCUT2D eigenvalue weighted by Crippen LogP contribution is -2.11. The van der Waals surface area contributed by atoms with Crippen LogP contribution in [0.3, 0.4) is 0 Å². The van der Waals surface area contributed by atoms with Crippen molar-refractivity contribution in [3.8, 4) is 0 Å². The summed E-state index contributed by atoms with van der Waals surface area (Å²) >= 11 is 9.66. The Kier molecular flexibility index (Phi) is 4.09. The first-order chi connectivity index (χ1) is 10.1. The third-order valence-corrected chi connectivity index (χ3v) is 3.16. The van der Waals surface area contributed by atoms with Crippen LogP contribution in [0.2, 0.25) is 0 Å². The highest BCUT2D eigenvalue weighted by atomic mass is 35.5. The second-order valence-electron chi connectivity index (χ2n) is 3.93. The highest BCUT2D eigenvalue weighted by Gasteiger charge is 2.33. The van der Waals surface area contributed by atoms with Crippen LogP contribution >= 0.6 is 23.2 Å². The summed E-state index contributed by atoms with van der Waals surface area (Å²) in [7, 11) is 0. The minimum absolute atomic E-state index is 1.71. The van der Waals surface area contributed by atoms with E-state index in [1.165, 1.54) is 0 Å². The number of rotatable bonds is 2. The van der Waals surface area contributed by atoms with Gasteiger partial charge in [-0.15, -0.1) is 0 Å². The summed E-state index contributed by atoms with van der Waals surface area (Å²) < 4.78 is 82.5. The van der Waals surface area contributed by atoms with Crippen molar-refractivity contribution >= 4 is 44.5 Å². The zero-order chi connectivity index (χ0) is 16.9. The number of carbonyl (C=O) groups is 2. The van der Waals surface area contributed by atoms with Crippen LogP contribution in [0.5, 0.6) is 0 Å². The van der Waals surface area contributed by atoms with Crippen LogP contribution in [-0.4, -0.2) is 10.5 Å². The van der Waals surface area contributed by atoms with Gasteiger partial charge in [0.25, 0.3) is 10.5 Å². The Morgan fingerprint density at radius 2 is 0.818 bits per heavy atom. The van der Waals surface area contributed by atoms with Crippen LogP contribution in [0.4, 0.5) is 26.3 Å². The lowest BCUT2D eigenvalue weighted by Gasteiger charge is -2.11. The lowest BCUT2D eigenvalue weighted by atomic mass is 10.0. The second kappa shape index (κ2) is 5.44. The Bertz CT molecular complexity index is 794. The van der Waals surface area contributed by atoms with Gasteiger partial charge in [0.2, 0.25) is 0 Å². The summed E-state index contributed by atoms with van der Waals surface area (Å²) in [6.45, 7) is 0. The molecule has 0 bridgehead atoms. The molecular formula is C12Cl2F6O2. The van der Waals surface area contributed by atoms with Crippen molar-refractivity contribution in [1.29, 1.82) is 0 Å². The van der Waals surface area contributed by atoms with E-state index in [9.17, 15) is 35.9 Å². The van der Waals surface area contributed by atoms with E-state index in [4.69, 9.17) is 23.2 Å². The molecule has 0 spiro atoms. The predicted molar refractivity (Wildman–Crippen MR) is 64.1 cm³/mol. The number of hydrogen-bond donors (Lipinski definition) is 0. The summed E-state index contributed by atoms with van der Waals surface area (Å²) in [4.78, 5) is 21.7. The van der Waals surface area contributed by atoms with Crippen molar-refractivity contribution in [3.05, 3.63) is 46.0 Å². The number of fused-ring (bicyclic) bond motifs is 1. The number of carbonyl (C=O) groups excluding carboxylic acids is 2. The number of halogens is 8. The average molecular weight is 361 g/mol. The van der Waals surface area contributed by atoms with Crippen molar-refractivity contribution in [1.82, 2.24) is 0 Å². The molecule has 0 amide bonds. The highest BCUT2D eigenvalue weighted by molar-refractivity contribution is 6.68. The van der Waals surface area contributed by atoms with Crippen LogP contribution in [0.25, 0.3) is 10.8 Å². The fraction of sp³-hybridized carbons (Fsp3) is 0. The topological polar surface area (TPSA) is 34.1 Å². The molecule has 0 aliphatic heterocycles. The van der Waals surface area contributed by atoms with E-state index >= 15 is 0 Å². The van der Waals surface area contributed by atoms with Gasteiger partial charge in [-0.2, -0.15) is 0 Å². The molecule has 10 heteroatoms. The molecule has 0 heterocycles. The summed E-state index contributed by atoms with van der Waals surface area (Å²) in [5, 5.41) is -7.12. The van der Waals surface area contributed by atoms with Crippen LogP contribution in [0.1, 0.15) is 20.7 Å². The van der Waals surface area contributed by atoms with Crippen LogP contribution in [0.15, 0.2) is 0 Å². The van der Waals surface area contributed by atoms with Gasteiger partial charge in [0.05, 0.1) is 10.8 Å². The van der Waals surface area contributed by atoms with Crippen molar-refractivity contribution in [3.63, 3.8) is 0 Å². The summed E-state index contributed by atoms with van der Waals surface area (Å²) in [6.07, 6.45) is 0. The normalized spacial score (nSPS) is 11.1. The molecule has 0 aromatic heterocycles. The molecule has 2 aromatic carbocycles. The van der Waals surface area contributed by atoms with E-state index in [0.29, 0.717) is 0 Å². The first kappa shape index (κ1) is 16.6. The molecule has 0 N–H and O–H groups in total. The average Bonchev–Trinajstić information content (AvgIpc) is 2.39. The fourth-order valence-corrected chi connectivity index (χ4v) is 2.19. The van der Waals surface area contributed by atoms with Gasteiger partial charge in [-0.05, 0) is 23.2 Å². The minimum atomic E-state index is -2.23. The van der Waals surface area contributed by atoms with E-state index in [-0.39, 0.29) is 0 Å². The maximum absolute atomic E-state index is 13.9. The number of benzene rings is 2. The molecule has 22 heavy (non-hydrogen) atoms. The minimum Gasteiger partial charge on any atom is -0.275 e. The molecule has 0 saturated carbocycles. The third kappa shape index (κ3) is 2.14. The third-order valence-electron chi connectivity index (χ3n) is 2.78. The molecule has 2 rings (SSSR count). The molecule has 0 unspecified atom stereocenters. The molecule has 0 saturated heterocycles. The van der Waals surface area contributed by atoms with Gasteiger partial charge >= 0.3 is 0 Å². The van der Waals surface area contributed by atoms with Gasteiger partial charge in [0, 0.05) is 0 Å². The quantitative estimate of drug-likeness (QED) is 0.451. The van der Waals surface area contributed by atoms with Gasteiger partial charge in [-0.1, -0.05) is 0 Å². The Morgan fingerprint density at radius 3 is 1.05 bits per heavy atom. The monoisotopic (exact) mass is 360 g/mol. The summed E-state index contributed by atoms with van der Waals surface area (Å²) in [5.74, 6) is -13.1. The fourth-order valence-electron chi connectivity index (χ4n) is 1.86. The lowest BCUT2D eigenvalue weighted by molar-refractivity contribution is 0.106. The molecule has 2 nitrogen and oxygen atoms in total. The van der Waals surface area contributed by atoms with Crippen molar-refractivity contribution in [2.45, 2.75) is 0 Å². The summed E-state index contributed by atoms with van der Waals surface area (Å²) in [5.41, 5.74) is -3.45. The largest absolute Gasteiger partial charge is 0.275 e. The maximum Gasteiger partial charge on any atom is 0.258 e. The van der Waals surface area contributed by atoms with Crippen LogP contribution in [0, 0.1) is 34.9 Å². The van der Waals surface area contributed by atoms with E-state index in [0.717, 1.165) is 0 Å². The maximum atomic E-state index is 13.9. The van der Waals surface area contributed by atoms with Gasteiger partial charge in [0.15, 0.2) is 23.3 Å². The Balaban J connectivity index is 3.22. The zero-order valence-electron chi connectivity index (χ0n) is 9.84. The van der Waals surface area contributed by atoms with E-state index < -0.39 is 67.3 Å². The molecule has 0 fully saturated rings. The Labute approximate surface area is 127 Å². The molecule has 0 atom stereocenters. The molecular weight excluding hydrogens is 361 g/mol. The van der Waals surface area contributed by atoms with Crippen molar-refractivity contribution in [2.75, 3.05) is 0 Å². The van der Waals surface area contributed by atoms with Crippen molar-refractivity contribution in [2.24, 2.45) is 0 Å². The number of hydrogen-bond acceptors (Lipinski definition) is 2. The smallest absolute Gasteiger partial charge is 0.258 e. The molecule has 2 aromatic rings. The van der Waals surface area contributed by atoms with Crippen LogP contribution in [-0.2, 0) is 0 Å². The predicted octanol–water partition coefficient (Wildman–Crippen LogP) is 4.43. The van der Waals surface area contributed by atoms with Crippen LogP contribution < -0.4 is 0 Å². The molecule has 0 aliphatic rings. The van der Waals surface area contributed by atoms with E-state index in [1.54, 1.807) is 0 Å². The molecule has 0 aliphatic carbocycles. The van der Waals surface area contributed by atoms with E-state index in [2.05, 4.69) is 0 Å². The second-order valence-corrected chi connectivity index (χ2v) is 4.62. The zero-order valence-corrected chi connectivity index (χ0v) is 11.4. The standard InChI is InChI=1S/C12Cl2F6O2/c13-11(21)3-5(15)1-2(8(18)10(3)20)6(16)4(12(14)22)9(19)7(1)17. The molecule has 116 valence electrons. The van der Waals surface area contributed by atoms with Gasteiger partial charge in [-0.25, -0.2) is 26.3 Å². The van der Waals surface area contributed by atoms with Gasteiger partial charge < -0.3 is 0 Å². The summed E-state index contributed by atoms with van der Waals surface area (Å²) in [6, 6.07) is 0. The molecule has 0 radical (unpaired) electrons. The SMILES string of the molecule is O=C(Cl)c1c(F)c(F)c2c(F)c(C(=O)Cl)c(F)c(F)c2c1F. The van der Waals surface area contributed by atoms with Crippen molar-refractivity contribution < 1.29 is 35.9 Å². The van der Waals surface area contributed by atoms with Gasteiger partial charge in [0.1, 0.15) is 22.8 Å². The Morgan fingerprint density at radius 1 is 0.545 bits per heavy atom. The Hall–Kier alpha value is -1.80. The first-order valence-corrected chi connectivity index (χ1v) is 5.93. The first-order valence-electron chi connectivity index (χ1n) is 5.17. The van der Waals surface area contributed by atoms with Gasteiger partial charge in [-0.3, -0.25) is 9.59 Å².